The lowest BCUT2D eigenvalue weighted by atomic mass is 9.98. The van der Waals surface area contributed by atoms with Crippen LogP contribution in [0.15, 0.2) is 47.8 Å². The number of hydrogen-bond donors (Lipinski definition) is 1. The maximum Gasteiger partial charge on any atom is 0.129 e. The number of benzene rings is 2. The molecule has 0 saturated heterocycles. The lowest BCUT2D eigenvalue weighted by Gasteiger charge is -2.17. The molecule has 0 spiro atoms. The topological polar surface area (TPSA) is 12.0 Å². The molecular formula is C17H15F2NS. The minimum absolute atomic E-state index is 0.118. The van der Waals surface area contributed by atoms with Gasteiger partial charge in [-0.1, -0.05) is 24.3 Å². The first-order chi connectivity index (χ1) is 10.2. The molecule has 1 aromatic heterocycles. The maximum absolute atomic E-state index is 13.8. The summed E-state index contributed by atoms with van der Waals surface area (Å²) in [6.07, 6.45) is 0.287. The van der Waals surface area contributed by atoms with Gasteiger partial charge in [0.1, 0.15) is 11.6 Å². The van der Waals surface area contributed by atoms with E-state index in [2.05, 4.69) is 16.8 Å². The van der Waals surface area contributed by atoms with Crippen LogP contribution in [0.2, 0.25) is 0 Å². The van der Waals surface area contributed by atoms with Crippen LogP contribution in [0.4, 0.5) is 8.78 Å². The third-order valence-corrected chi connectivity index (χ3v) is 4.69. The molecule has 1 nitrogen and oxygen atoms in total. The number of halogens is 2. The number of rotatable bonds is 4. The summed E-state index contributed by atoms with van der Waals surface area (Å²) in [6.45, 7) is 0. The molecule has 1 N–H and O–H groups in total. The Morgan fingerprint density at radius 2 is 1.76 bits per heavy atom. The molecule has 21 heavy (non-hydrogen) atoms. The molecule has 0 bridgehead atoms. The second kappa shape index (κ2) is 5.92. The van der Waals surface area contributed by atoms with E-state index in [0.29, 0.717) is 0 Å². The Balaban J connectivity index is 1.99. The summed E-state index contributed by atoms with van der Waals surface area (Å²) in [6, 6.07) is 12.0. The molecule has 2 aromatic carbocycles. The first kappa shape index (κ1) is 14.2. The zero-order valence-corrected chi connectivity index (χ0v) is 12.4. The fourth-order valence-corrected chi connectivity index (χ4v) is 3.58. The van der Waals surface area contributed by atoms with Gasteiger partial charge in [0.2, 0.25) is 0 Å². The van der Waals surface area contributed by atoms with Gasteiger partial charge in [-0.05, 0) is 48.0 Å². The van der Waals surface area contributed by atoms with Crippen molar-refractivity contribution in [2.45, 2.75) is 12.5 Å². The fourth-order valence-electron chi connectivity index (χ4n) is 2.57. The van der Waals surface area contributed by atoms with E-state index in [1.165, 1.54) is 22.9 Å². The Morgan fingerprint density at radius 1 is 1.05 bits per heavy atom. The van der Waals surface area contributed by atoms with Crippen molar-refractivity contribution in [1.29, 1.82) is 0 Å². The monoisotopic (exact) mass is 303 g/mol. The van der Waals surface area contributed by atoms with E-state index < -0.39 is 11.6 Å². The van der Waals surface area contributed by atoms with E-state index in [9.17, 15) is 8.78 Å². The number of likely N-dealkylation sites (N-methyl/N-ethyl adjacent to an activating group) is 1. The summed E-state index contributed by atoms with van der Waals surface area (Å²) < 4.78 is 28.9. The third kappa shape index (κ3) is 2.69. The number of fused-ring (bicyclic) bond motifs is 1. The summed E-state index contributed by atoms with van der Waals surface area (Å²) in [4.78, 5) is 0. The van der Waals surface area contributed by atoms with Crippen LogP contribution in [-0.4, -0.2) is 7.05 Å². The highest BCUT2D eigenvalue weighted by molar-refractivity contribution is 7.17. The molecule has 3 rings (SSSR count). The van der Waals surface area contributed by atoms with Crippen molar-refractivity contribution in [2.75, 3.05) is 7.05 Å². The standard InChI is InChI=1S/C17H15F2NS/c1-20-16(9-12-14(18)6-4-7-15(12)19)13-10-21-17-8-3-2-5-11(13)17/h2-8,10,16,20H,9H2,1H3. The van der Waals surface area contributed by atoms with E-state index in [-0.39, 0.29) is 18.0 Å². The zero-order valence-electron chi connectivity index (χ0n) is 11.6. The van der Waals surface area contributed by atoms with Crippen LogP contribution < -0.4 is 5.32 Å². The van der Waals surface area contributed by atoms with E-state index in [1.807, 2.05) is 25.2 Å². The van der Waals surface area contributed by atoms with Gasteiger partial charge in [0, 0.05) is 16.3 Å². The third-order valence-electron chi connectivity index (χ3n) is 3.70. The second-order valence-corrected chi connectivity index (χ2v) is 5.84. The Hall–Kier alpha value is -1.78. The minimum atomic E-state index is -0.491. The predicted octanol–water partition coefficient (Wildman–Crippen LogP) is 4.68. The van der Waals surface area contributed by atoms with Crippen molar-refractivity contribution in [3.63, 3.8) is 0 Å². The summed E-state index contributed by atoms with van der Waals surface area (Å²) in [5, 5.41) is 6.37. The molecule has 108 valence electrons. The van der Waals surface area contributed by atoms with Crippen LogP contribution in [0.25, 0.3) is 10.1 Å². The van der Waals surface area contributed by atoms with Crippen LogP contribution in [0.3, 0.4) is 0 Å². The van der Waals surface area contributed by atoms with Gasteiger partial charge in [0.05, 0.1) is 0 Å². The number of hydrogen-bond acceptors (Lipinski definition) is 2. The van der Waals surface area contributed by atoms with E-state index in [4.69, 9.17) is 0 Å². The minimum Gasteiger partial charge on any atom is -0.313 e. The highest BCUT2D eigenvalue weighted by Crippen LogP contribution is 2.32. The molecule has 0 aliphatic rings. The SMILES string of the molecule is CNC(Cc1c(F)cccc1F)c1csc2ccccc12. The van der Waals surface area contributed by atoms with Crippen molar-refractivity contribution in [2.24, 2.45) is 0 Å². The van der Waals surface area contributed by atoms with Crippen LogP contribution in [-0.2, 0) is 6.42 Å². The molecule has 0 aliphatic carbocycles. The van der Waals surface area contributed by atoms with Crippen molar-refractivity contribution in [3.8, 4) is 0 Å². The van der Waals surface area contributed by atoms with E-state index >= 15 is 0 Å². The lowest BCUT2D eigenvalue weighted by Crippen LogP contribution is -2.19. The first-order valence-corrected chi connectivity index (χ1v) is 7.65. The largest absolute Gasteiger partial charge is 0.313 e. The molecule has 0 fully saturated rings. The average Bonchev–Trinajstić information content (AvgIpc) is 2.91. The van der Waals surface area contributed by atoms with Gasteiger partial charge in [-0.2, -0.15) is 0 Å². The predicted molar refractivity (Wildman–Crippen MR) is 83.7 cm³/mol. The zero-order chi connectivity index (χ0) is 14.8. The van der Waals surface area contributed by atoms with Gasteiger partial charge in [0.15, 0.2) is 0 Å². The quantitative estimate of drug-likeness (QED) is 0.738. The Bertz CT molecular complexity index is 746. The van der Waals surface area contributed by atoms with Gasteiger partial charge in [-0.3, -0.25) is 0 Å². The second-order valence-electron chi connectivity index (χ2n) is 4.93. The summed E-state index contributed by atoms with van der Waals surface area (Å²) in [5.74, 6) is -0.982. The summed E-state index contributed by atoms with van der Waals surface area (Å²) in [5.41, 5.74) is 1.22. The maximum atomic E-state index is 13.8. The van der Waals surface area contributed by atoms with Gasteiger partial charge in [-0.15, -0.1) is 11.3 Å². The van der Waals surface area contributed by atoms with Crippen LogP contribution >= 0.6 is 11.3 Å². The van der Waals surface area contributed by atoms with Gasteiger partial charge in [-0.25, -0.2) is 8.78 Å². The van der Waals surface area contributed by atoms with Gasteiger partial charge in [0.25, 0.3) is 0 Å². The lowest BCUT2D eigenvalue weighted by molar-refractivity contribution is 0.517. The molecule has 3 aromatic rings. The Morgan fingerprint density at radius 3 is 2.48 bits per heavy atom. The molecule has 0 amide bonds. The molecule has 4 heteroatoms. The highest BCUT2D eigenvalue weighted by atomic mass is 32.1. The molecule has 1 atom stereocenters. The average molecular weight is 303 g/mol. The van der Waals surface area contributed by atoms with Crippen LogP contribution in [0.1, 0.15) is 17.2 Å². The van der Waals surface area contributed by atoms with Crippen LogP contribution in [0, 0.1) is 11.6 Å². The number of thiophene rings is 1. The first-order valence-electron chi connectivity index (χ1n) is 6.77. The highest BCUT2D eigenvalue weighted by Gasteiger charge is 2.18. The molecule has 0 saturated carbocycles. The molecule has 1 heterocycles. The fraction of sp³-hybridized carbons (Fsp3) is 0.176. The van der Waals surface area contributed by atoms with Crippen molar-refractivity contribution in [1.82, 2.24) is 5.32 Å². The molecule has 0 aliphatic heterocycles. The Kier molecular flexibility index (Phi) is 3.99. The van der Waals surface area contributed by atoms with Gasteiger partial charge < -0.3 is 5.32 Å². The summed E-state index contributed by atoms with van der Waals surface area (Å²) in [7, 11) is 1.82. The van der Waals surface area contributed by atoms with E-state index in [0.717, 1.165) is 10.9 Å². The van der Waals surface area contributed by atoms with Gasteiger partial charge >= 0.3 is 0 Å². The Labute approximate surface area is 126 Å². The van der Waals surface area contributed by atoms with Crippen molar-refractivity contribution in [3.05, 3.63) is 70.6 Å². The molecule has 0 radical (unpaired) electrons. The molecule has 1 unspecified atom stereocenters. The van der Waals surface area contributed by atoms with Crippen LogP contribution in [0.5, 0.6) is 0 Å². The smallest absolute Gasteiger partial charge is 0.129 e. The molecular weight excluding hydrogens is 288 g/mol. The van der Waals surface area contributed by atoms with Crippen molar-refractivity contribution < 1.29 is 8.78 Å². The van der Waals surface area contributed by atoms with Crippen molar-refractivity contribution >= 4 is 21.4 Å². The number of nitrogens with one attached hydrogen (secondary N) is 1. The normalized spacial score (nSPS) is 12.7. The van der Waals surface area contributed by atoms with E-state index in [1.54, 1.807) is 11.3 Å². The summed E-state index contributed by atoms with van der Waals surface area (Å²) >= 11 is 1.65.